The number of carboxylic acid groups (broad SMARTS) is 1. The lowest BCUT2D eigenvalue weighted by molar-refractivity contribution is -0.132. The molecule has 1 aliphatic carbocycles. The standard InChI is InChI=1S/C24H20O3/c1-2-27-19-15-9-14-18-20(16-10-5-3-6-11-16)23(24(25)26)21(22(18)19)17-12-7-4-8-13-17/h3-15,20H,2H2,1H3,(H,25,26). The van der Waals surface area contributed by atoms with Gasteiger partial charge in [0, 0.05) is 17.1 Å². The Bertz CT molecular complexity index is 1000. The first kappa shape index (κ1) is 17.1. The van der Waals surface area contributed by atoms with Gasteiger partial charge in [-0.3, -0.25) is 0 Å². The van der Waals surface area contributed by atoms with E-state index in [9.17, 15) is 9.90 Å². The Morgan fingerprint density at radius 1 is 0.926 bits per heavy atom. The van der Waals surface area contributed by atoms with Crippen LogP contribution in [0.4, 0.5) is 0 Å². The van der Waals surface area contributed by atoms with Crippen LogP contribution in [0.1, 0.15) is 35.1 Å². The lowest BCUT2D eigenvalue weighted by Gasteiger charge is -2.16. The average Bonchev–Trinajstić information content (AvgIpc) is 3.06. The molecule has 0 bridgehead atoms. The number of benzene rings is 3. The van der Waals surface area contributed by atoms with E-state index in [1.165, 1.54) is 0 Å². The van der Waals surface area contributed by atoms with E-state index in [1.807, 2.05) is 85.8 Å². The molecule has 3 aromatic carbocycles. The average molecular weight is 356 g/mol. The first-order valence-electron chi connectivity index (χ1n) is 9.06. The summed E-state index contributed by atoms with van der Waals surface area (Å²) in [5.74, 6) is -0.498. The van der Waals surface area contributed by atoms with Crippen molar-refractivity contribution in [1.29, 1.82) is 0 Å². The Kier molecular flexibility index (Phi) is 4.51. The fourth-order valence-electron chi connectivity index (χ4n) is 3.89. The molecule has 27 heavy (non-hydrogen) atoms. The summed E-state index contributed by atoms with van der Waals surface area (Å²) >= 11 is 0. The van der Waals surface area contributed by atoms with Crippen LogP contribution < -0.4 is 4.74 Å². The first-order chi connectivity index (χ1) is 13.2. The second kappa shape index (κ2) is 7.12. The zero-order valence-corrected chi connectivity index (χ0v) is 15.1. The molecular weight excluding hydrogens is 336 g/mol. The summed E-state index contributed by atoms with van der Waals surface area (Å²) in [6.07, 6.45) is 0. The van der Waals surface area contributed by atoms with Gasteiger partial charge in [-0.05, 0) is 29.7 Å². The number of fused-ring (bicyclic) bond motifs is 1. The van der Waals surface area contributed by atoms with Crippen molar-refractivity contribution in [3.63, 3.8) is 0 Å². The van der Waals surface area contributed by atoms with Crippen LogP contribution in [-0.4, -0.2) is 17.7 Å². The molecular formula is C24H20O3. The summed E-state index contributed by atoms with van der Waals surface area (Å²) < 4.78 is 5.89. The van der Waals surface area contributed by atoms with Gasteiger partial charge in [-0.2, -0.15) is 0 Å². The van der Waals surface area contributed by atoms with Crippen LogP contribution in [0, 0.1) is 0 Å². The predicted molar refractivity (Wildman–Crippen MR) is 106 cm³/mol. The molecule has 3 heteroatoms. The molecule has 0 saturated carbocycles. The quantitative estimate of drug-likeness (QED) is 0.690. The highest BCUT2D eigenvalue weighted by atomic mass is 16.5. The summed E-state index contributed by atoms with van der Waals surface area (Å²) in [5.41, 5.74) is 4.86. The van der Waals surface area contributed by atoms with Gasteiger partial charge in [0.1, 0.15) is 5.75 Å². The monoisotopic (exact) mass is 356 g/mol. The van der Waals surface area contributed by atoms with Crippen LogP contribution in [0.3, 0.4) is 0 Å². The molecule has 1 atom stereocenters. The van der Waals surface area contributed by atoms with Crippen LogP contribution >= 0.6 is 0 Å². The highest BCUT2D eigenvalue weighted by molar-refractivity contribution is 6.07. The van der Waals surface area contributed by atoms with Crippen LogP contribution in [0.25, 0.3) is 5.57 Å². The number of rotatable bonds is 5. The van der Waals surface area contributed by atoms with E-state index in [1.54, 1.807) is 0 Å². The third-order valence-electron chi connectivity index (χ3n) is 4.90. The molecule has 0 amide bonds. The summed E-state index contributed by atoms with van der Waals surface area (Å²) in [5, 5.41) is 10.2. The molecule has 0 aliphatic heterocycles. The van der Waals surface area contributed by atoms with Gasteiger partial charge in [-0.15, -0.1) is 0 Å². The predicted octanol–water partition coefficient (Wildman–Crippen LogP) is 5.12. The van der Waals surface area contributed by atoms with Gasteiger partial charge < -0.3 is 9.84 Å². The lowest BCUT2D eigenvalue weighted by atomic mass is 9.88. The highest BCUT2D eigenvalue weighted by Crippen LogP contribution is 2.51. The zero-order valence-electron chi connectivity index (χ0n) is 15.1. The number of hydrogen-bond acceptors (Lipinski definition) is 2. The van der Waals surface area contributed by atoms with Crippen molar-refractivity contribution in [2.75, 3.05) is 6.61 Å². The largest absolute Gasteiger partial charge is 0.493 e. The molecule has 0 spiro atoms. The Labute approximate surface area is 158 Å². The minimum absolute atomic E-state index is 0.325. The van der Waals surface area contributed by atoms with Crippen LogP contribution in [-0.2, 0) is 4.79 Å². The fraction of sp³-hybridized carbons (Fsp3) is 0.125. The van der Waals surface area contributed by atoms with E-state index in [2.05, 4.69) is 0 Å². The molecule has 0 aromatic heterocycles. The van der Waals surface area contributed by atoms with Crippen LogP contribution in [0.5, 0.6) is 5.75 Å². The molecule has 0 heterocycles. The number of carboxylic acids is 1. The topological polar surface area (TPSA) is 46.5 Å². The minimum atomic E-state index is -0.902. The number of carbonyl (C=O) groups is 1. The Morgan fingerprint density at radius 3 is 2.22 bits per heavy atom. The maximum Gasteiger partial charge on any atom is 0.333 e. The molecule has 3 nitrogen and oxygen atoms in total. The van der Waals surface area contributed by atoms with Crippen molar-refractivity contribution in [3.05, 3.63) is 107 Å². The van der Waals surface area contributed by atoms with E-state index in [-0.39, 0.29) is 5.92 Å². The maximum atomic E-state index is 12.4. The molecule has 0 radical (unpaired) electrons. The van der Waals surface area contributed by atoms with Gasteiger partial charge in [-0.25, -0.2) is 4.79 Å². The summed E-state index contributed by atoms with van der Waals surface area (Å²) in [4.78, 5) is 12.4. The van der Waals surface area contributed by atoms with E-state index >= 15 is 0 Å². The summed E-state index contributed by atoms with van der Waals surface area (Å²) in [7, 11) is 0. The highest BCUT2D eigenvalue weighted by Gasteiger charge is 2.38. The fourth-order valence-corrected chi connectivity index (χ4v) is 3.89. The minimum Gasteiger partial charge on any atom is -0.493 e. The second-order valence-electron chi connectivity index (χ2n) is 6.46. The smallest absolute Gasteiger partial charge is 0.333 e. The van der Waals surface area contributed by atoms with E-state index in [0.29, 0.717) is 12.2 Å². The molecule has 3 aromatic rings. The summed E-state index contributed by atoms with van der Waals surface area (Å²) in [6.45, 7) is 2.46. The van der Waals surface area contributed by atoms with Crippen molar-refractivity contribution in [1.82, 2.24) is 0 Å². The molecule has 1 unspecified atom stereocenters. The second-order valence-corrected chi connectivity index (χ2v) is 6.46. The van der Waals surface area contributed by atoms with Crippen molar-refractivity contribution in [3.8, 4) is 5.75 Å². The van der Waals surface area contributed by atoms with Crippen LogP contribution in [0.2, 0.25) is 0 Å². The lowest BCUT2D eigenvalue weighted by Crippen LogP contribution is -2.10. The molecule has 1 aliphatic rings. The molecule has 4 rings (SSSR count). The van der Waals surface area contributed by atoms with Gasteiger partial charge in [0.05, 0.1) is 12.2 Å². The molecule has 134 valence electrons. The van der Waals surface area contributed by atoms with E-state index < -0.39 is 5.97 Å². The van der Waals surface area contributed by atoms with Crippen molar-refractivity contribution in [2.24, 2.45) is 0 Å². The maximum absolute atomic E-state index is 12.4. The van der Waals surface area contributed by atoms with Gasteiger partial charge >= 0.3 is 5.97 Å². The van der Waals surface area contributed by atoms with E-state index in [4.69, 9.17) is 4.74 Å². The normalized spacial score (nSPS) is 15.5. The van der Waals surface area contributed by atoms with Gasteiger partial charge in [0.25, 0.3) is 0 Å². The Hall–Kier alpha value is -3.33. The van der Waals surface area contributed by atoms with Gasteiger partial charge in [0.2, 0.25) is 0 Å². The summed E-state index contributed by atoms with van der Waals surface area (Å²) in [6, 6.07) is 25.4. The SMILES string of the molecule is CCOc1cccc2c1C(c1ccccc1)=C(C(=O)O)C2c1ccccc1. The van der Waals surface area contributed by atoms with Crippen molar-refractivity contribution in [2.45, 2.75) is 12.8 Å². The van der Waals surface area contributed by atoms with Crippen molar-refractivity contribution >= 4 is 11.5 Å². The Morgan fingerprint density at radius 2 is 1.59 bits per heavy atom. The van der Waals surface area contributed by atoms with Crippen LogP contribution in [0.15, 0.2) is 84.4 Å². The zero-order chi connectivity index (χ0) is 18.8. The van der Waals surface area contributed by atoms with Gasteiger partial charge in [-0.1, -0.05) is 72.8 Å². The van der Waals surface area contributed by atoms with E-state index in [0.717, 1.165) is 33.6 Å². The van der Waals surface area contributed by atoms with Crippen molar-refractivity contribution < 1.29 is 14.6 Å². The van der Waals surface area contributed by atoms with Gasteiger partial charge in [0.15, 0.2) is 0 Å². The third-order valence-corrected chi connectivity index (χ3v) is 4.90. The molecule has 0 saturated heterocycles. The number of ether oxygens (including phenoxy) is 1. The molecule has 0 fully saturated rings. The number of hydrogen-bond donors (Lipinski definition) is 1. The molecule has 1 N–H and O–H groups in total. The number of aliphatic carboxylic acids is 1. The first-order valence-corrected chi connectivity index (χ1v) is 9.06. The third kappa shape index (κ3) is 2.91. The Balaban J connectivity index is 2.06.